The minimum absolute atomic E-state index is 0.00699. The fourth-order valence-corrected chi connectivity index (χ4v) is 4.49. The summed E-state index contributed by atoms with van der Waals surface area (Å²) in [5.74, 6) is -0.00699. The molecule has 0 saturated carbocycles. The second kappa shape index (κ2) is 8.74. The van der Waals surface area contributed by atoms with Crippen LogP contribution in [0.15, 0.2) is 72.9 Å². The molecule has 1 heterocycles. The van der Waals surface area contributed by atoms with Gasteiger partial charge in [0.1, 0.15) is 10.7 Å². The summed E-state index contributed by atoms with van der Waals surface area (Å²) in [4.78, 5) is 4.09. The molecule has 1 aromatic heterocycles. The van der Waals surface area contributed by atoms with Crippen molar-refractivity contribution in [3.8, 4) is 11.1 Å². The standard InChI is InChI=1S/C25H20F3NO2S/c1-16-14-29-24-21(9-4-10-22(24)25(26,27)28)23(16)20-8-3-6-18(13-20)11-17-5-2-7-19(12-17)15-32(30)31/h2-10,12-14,32H,11,15H2,1H3. The number of para-hydroxylation sites is 1. The van der Waals surface area contributed by atoms with Gasteiger partial charge in [-0.25, -0.2) is 8.42 Å². The third-order valence-electron chi connectivity index (χ3n) is 5.32. The van der Waals surface area contributed by atoms with E-state index in [-0.39, 0.29) is 11.3 Å². The molecule has 3 aromatic carbocycles. The zero-order chi connectivity index (χ0) is 22.9. The Kier molecular flexibility index (Phi) is 6.02. The highest BCUT2D eigenvalue weighted by atomic mass is 32.2. The number of thiol groups is 1. The summed E-state index contributed by atoms with van der Waals surface area (Å²) in [5.41, 5.74) is 4.17. The van der Waals surface area contributed by atoms with Gasteiger partial charge in [0.2, 0.25) is 0 Å². The number of nitrogens with zero attached hydrogens (tertiary/aromatic N) is 1. The van der Waals surface area contributed by atoms with E-state index in [4.69, 9.17) is 0 Å². The Hall–Kier alpha value is -3.19. The van der Waals surface area contributed by atoms with Crippen LogP contribution >= 0.6 is 0 Å². The maximum Gasteiger partial charge on any atom is 0.418 e. The number of pyridine rings is 1. The molecule has 0 fully saturated rings. The lowest BCUT2D eigenvalue weighted by molar-refractivity contribution is -0.136. The number of alkyl halides is 3. The van der Waals surface area contributed by atoms with Crippen LogP contribution < -0.4 is 0 Å². The predicted octanol–water partition coefficient (Wildman–Crippen LogP) is 5.93. The van der Waals surface area contributed by atoms with Crippen LogP contribution in [-0.4, -0.2) is 13.4 Å². The zero-order valence-corrected chi connectivity index (χ0v) is 18.1. The van der Waals surface area contributed by atoms with Crippen LogP contribution in [0.4, 0.5) is 13.2 Å². The molecule has 0 spiro atoms. The van der Waals surface area contributed by atoms with Crippen molar-refractivity contribution in [1.29, 1.82) is 0 Å². The smallest absolute Gasteiger partial charge is 0.255 e. The van der Waals surface area contributed by atoms with Gasteiger partial charge in [-0.05, 0) is 52.8 Å². The molecule has 0 saturated heterocycles. The van der Waals surface area contributed by atoms with Crippen molar-refractivity contribution >= 4 is 21.6 Å². The molecule has 4 rings (SSSR count). The average molecular weight is 456 g/mol. The lowest BCUT2D eigenvalue weighted by Gasteiger charge is -2.15. The summed E-state index contributed by atoms with van der Waals surface area (Å²) in [5, 5.41) is 0.457. The lowest BCUT2D eigenvalue weighted by atomic mass is 9.93. The minimum Gasteiger partial charge on any atom is -0.255 e. The Labute approximate surface area is 185 Å². The maximum atomic E-state index is 13.5. The van der Waals surface area contributed by atoms with E-state index in [2.05, 4.69) is 4.98 Å². The molecular weight excluding hydrogens is 435 g/mol. The second-order valence-corrected chi connectivity index (χ2v) is 8.69. The third-order valence-corrected chi connectivity index (χ3v) is 5.94. The fourth-order valence-electron chi connectivity index (χ4n) is 3.99. The molecule has 0 unspecified atom stereocenters. The van der Waals surface area contributed by atoms with Crippen molar-refractivity contribution in [1.82, 2.24) is 4.98 Å². The van der Waals surface area contributed by atoms with E-state index in [1.807, 2.05) is 49.4 Å². The van der Waals surface area contributed by atoms with Gasteiger partial charge in [0.05, 0.1) is 16.8 Å². The van der Waals surface area contributed by atoms with Crippen molar-refractivity contribution in [2.75, 3.05) is 0 Å². The summed E-state index contributed by atoms with van der Waals surface area (Å²) in [7, 11) is -2.50. The molecular formula is C25H20F3NO2S. The van der Waals surface area contributed by atoms with Crippen molar-refractivity contribution in [2.45, 2.75) is 25.3 Å². The minimum atomic E-state index is -4.49. The third kappa shape index (κ3) is 4.67. The van der Waals surface area contributed by atoms with Gasteiger partial charge < -0.3 is 0 Å². The molecule has 0 radical (unpaired) electrons. The first-order valence-corrected chi connectivity index (χ1v) is 11.3. The molecule has 4 aromatic rings. The van der Waals surface area contributed by atoms with Gasteiger partial charge in [-0.3, -0.25) is 4.98 Å². The van der Waals surface area contributed by atoms with Crippen LogP contribution in [0, 0.1) is 6.92 Å². The second-order valence-electron chi connectivity index (χ2n) is 7.70. The number of fused-ring (bicyclic) bond motifs is 1. The quantitative estimate of drug-likeness (QED) is 0.380. The van der Waals surface area contributed by atoms with Gasteiger partial charge in [-0.2, -0.15) is 13.2 Å². The first-order chi connectivity index (χ1) is 15.2. The first-order valence-electron chi connectivity index (χ1n) is 9.97. The Balaban J connectivity index is 1.77. The number of aromatic nitrogens is 1. The van der Waals surface area contributed by atoms with Crippen LogP contribution in [0.3, 0.4) is 0 Å². The molecule has 32 heavy (non-hydrogen) atoms. The fraction of sp³-hybridized carbons (Fsp3) is 0.160. The number of hydrogen-bond donors (Lipinski definition) is 1. The van der Waals surface area contributed by atoms with Crippen LogP contribution in [0.2, 0.25) is 0 Å². The number of aryl methyl sites for hydroxylation is 1. The van der Waals surface area contributed by atoms with Gasteiger partial charge in [-0.1, -0.05) is 60.7 Å². The number of hydrogen-bond acceptors (Lipinski definition) is 3. The first kappa shape index (κ1) is 22.0. The van der Waals surface area contributed by atoms with E-state index in [0.717, 1.165) is 39.4 Å². The SMILES string of the molecule is Cc1cnc2c(C(F)(F)F)cccc2c1-c1cccc(Cc2cccc(C[SH](=O)=O)c2)c1. The normalized spacial score (nSPS) is 11.9. The topological polar surface area (TPSA) is 47.0 Å². The maximum absolute atomic E-state index is 13.5. The summed E-state index contributed by atoms with van der Waals surface area (Å²) in [6.45, 7) is 1.84. The highest BCUT2D eigenvalue weighted by Crippen LogP contribution is 2.38. The molecule has 3 nitrogen and oxygen atoms in total. The molecule has 0 amide bonds. The van der Waals surface area contributed by atoms with E-state index < -0.39 is 22.4 Å². The Morgan fingerprint density at radius 2 is 1.53 bits per heavy atom. The van der Waals surface area contributed by atoms with Crippen molar-refractivity contribution in [3.05, 3.63) is 101 Å². The van der Waals surface area contributed by atoms with Crippen LogP contribution in [0.5, 0.6) is 0 Å². The van der Waals surface area contributed by atoms with E-state index >= 15 is 0 Å². The predicted molar refractivity (Wildman–Crippen MR) is 120 cm³/mol. The van der Waals surface area contributed by atoms with Crippen LogP contribution in [-0.2, 0) is 29.1 Å². The number of halogens is 3. The molecule has 0 N–H and O–H groups in total. The van der Waals surface area contributed by atoms with Gasteiger partial charge in [-0.15, -0.1) is 0 Å². The number of rotatable bonds is 5. The summed E-state index contributed by atoms with van der Waals surface area (Å²) in [6.07, 6.45) is -2.43. The zero-order valence-electron chi connectivity index (χ0n) is 17.2. The molecule has 0 bridgehead atoms. The van der Waals surface area contributed by atoms with Crippen molar-refractivity contribution in [2.24, 2.45) is 0 Å². The van der Waals surface area contributed by atoms with Crippen LogP contribution in [0.1, 0.15) is 27.8 Å². The molecule has 7 heteroatoms. The Morgan fingerprint density at radius 3 is 2.25 bits per heavy atom. The van der Waals surface area contributed by atoms with E-state index in [1.54, 1.807) is 12.1 Å². The Bertz CT molecular complexity index is 1370. The molecule has 0 aliphatic heterocycles. The lowest BCUT2D eigenvalue weighted by Crippen LogP contribution is -2.07. The molecule has 164 valence electrons. The summed E-state index contributed by atoms with van der Waals surface area (Å²) >= 11 is 0. The molecule has 0 atom stereocenters. The number of benzene rings is 3. The van der Waals surface area contributed by atoms with Crippen LogP contribution in [0.25, 0.3) is 22.0 Å². The van der Waals surface area contributed by atoms with E-state index in [9.17, 15) is 21.6 Å². The van der Waals surface area contributed by atoms with Gasteiger partial charge >= 0.3 is 6.18 Å². The monoisotopic (exact) mass is 455 g/mol. The molecule has 0 aliphatic rings. The largest absolute Gasteiger partial charge is 0.418 e. The molecule has 0 aliphatic carbocycles. The summed E-state index contributed by atoms with van der Waals surface area (Å²) in [6, 6.07) is 19.2. The van der Waals surface area contributed by atoms with E-state index in [0.29, 0.717) is 11.8 Å². The van der Waals surface area contributed by atoms with Gasteiger partial charge in [0.15, 0.2) is 0 Å². The van der Waals surface area contributed by atoms with Crippen molar-refractivity contribution < 1.29 is 21.6 Å². The highest BCUT2D eigenvalue weighted by Gasteiger charge is 2.33. The van der Waals surface area contributed by atoms with Crippen molar-refractivity contribution in [3.63, 3.8) is 0 Å². The van der Waals surface area contributed by atoms with Gasteiger partial charge in [0.25, 0.3) is 0 Å². The highest BCUT2D eigenvalue weighted by molar-refractivity contribution is 7.71. The Morgan fingerprint density at radius 1 is 0.875 bits per heavy atom. The average Bonchev–Trinajstić information content (AvgIpc) is 2.72. The van der Waals surface area contributed by atoms with Gasteiger partial charge in [0, 0.05) is 11.6 Å². The summed E-state index contributed by atoms with van der Waals surface area (Å²) < 4.78 is 62.5. The van der Waals surface area contributed by atoms with E-state index in [1.165, 1.54) is 12.3 Å².